The average molecular weight is 426 g/mol. The zero-order valence-electron chi connectivity index (χ0n) is 15.8. The molecule has 0 spiro atoms. The Labute approximate surface area is 168 Å². The van der Waals surface area contributed by atoms with Gasteiger partial charge in [-0.15, -0.1) is 0 Å². The van der Waals surface area contributed by atoms with Crippen molar-refractivity contribution in [1.82, 2.24) is 0 Å². The molecule has 0 fully saturated rings. The molecule has 0 aliphatic heterocycles. The molecule has 0 aliphatic carbocycles. The first-order valence-corrected chi connectivity index (χ1v) is 10.5. The van der Waals surface area contributed by atoms with Crippen LogP contribution in [0.3, 0.4) is 0 Å². The summed E-state index contributed by atoms with van der Waals surface area (Å²) >= 11 is 6.10. The van der Waals surface area contributed by atoms with Crippen LogP contribution in [0.15, 0.2) is 36.4 Å². The molecule has 0 aromatic heterocycles. The van der Waals surface area contributed by atoms with Crippen LogP contribution in [0, 0.1) is 24.0 Å². The van der Waals surface area contributed by atoms with E-state index < -0.39 is 26.9 Å². The van der Waals surface area contributed by atoms with Crippen LogP contribution in [0.5, 0.6) is 0 Å². The van der Waals surface area contributed by atoms with Gasteiger partial charge in [0.1, 0.15) is 6.04 Å². The third kappa shape index (κ3) is 4.60. The summed E-state index contributed by atoms with van der Waals surface area (Å²) in [6.45, 7) is 4.71. The normalized spacial score (nSPS) is 12.3. The Morgan fingerprint density at radius 2 is 1.89 bits per heavy atom. The van der Waals surface area contributed by atoms with Gasteiger partial charge in [-0.1, -0.05) is 23.7 Å². The first kappa shape index (κ1) is 21.6. The Kier molecular flexibility index (Phi) is 6.30. The minimum atomic E-state index is -3.81. The molecule has 0 heterocycles. The molecule has 0 saturated carbocycles. The molecule has 0 unspecified atom stereocenters. The maximum atomic E-state index is 12.7. The van der Waals surface area contributed by atoms with Crippen molar-refractivity contribution in [3.8, 4) is 0 Å². The molecule has 2 rings (SSSR count). The fourth-order valence-corrected chi connectivity index (χ4v) is 4.06. The number of aryl methyl sites for hydroxylation is 1. The molecule has 10 heteroatoms. The van der Waals surface area contributed by atoms with Gasteiger partial charge in [0.15, 0.2) is 0 Å². The van der Waals surface area contributed by atoms with Crippen LogP contribution in [-0.2, 0) is 14.8 Å². The smallest absolute Gasteiger partial charge is 0.274 e. The second kappa shape index (κ2) is 8.15. The topological polar surface area (TPSA) is 110 Å². The van der Waals surface area contributed by atoms with Crippen LogP contribution >= 0.6 is 11.6 Å². The van der Waals surface area contributed by atoms with Gasteiger partial charge in [0.2, 0.25) is 15.9 Å². The van der Waals surface area contributed by atoms with Gasteiger partial charge in [-0.2, -0.15) is 0 Å². The van der Waals surface area contributed by atoms with Gasteiger partial charge in [-0.3, -0.25) is 19.2 Å². The number of amides is 1. The van der Waals surface area contributed by atoms with Gasteiger partial charge in [-0.25, -0.2) is 8.42 Å². The van der Waals surface area contributed by atoms with Crippen molar-refractivity contribution in [3.05, 3.63) is 62.7 Å². The van der Waals surface area contributed by atoms with E-state index in [1.54, 1.807) is 19.1 Å². The minimum Gasteiger partial charge on any atom is -0.324 e. The molecule has 1 N–H and O–H groups in total. The maximum Gasteiger partial charge on any atom is 0.274 e. The van der Waals surface area contributed by atoms with Gasteiger partial charge in [0.05, 0.1) is 28.1 Å². The Hall–Kier alpha value is -2.65. The van der Waals surface area contributed by atoms with E-state index in [9.17, 15) is 23.3 Å². The first-order valence-electron chi connectivity index (χ1n) is 8.24. The number of anilines is 2. The molecular formula is C18H20ClN3O5S. The molecule has 1 atom stereocenters. The molecule has 28 heavy (non-hydrogen) atoms. The molecule has 8 nitrogen and oxygen atoms in total. The largest absolute Gasteiger partial charge is 0.324 e. The van der Waals surface area contributed by atoms with Crippen LogP contribution in [0.2, 0.25) is 5.02 Å². The summed E-state index contributed by atoms with van der Waals surface area (Å²) in [6, 6.07) is 7.86. The molecule has 2 aromatic rings. The number of rotatable bonds is 6. The fourth-order valence-electron chi connectivity index (χ4n) is 2.72. The van der Waals surface area contributed by atoms with E-state index in [-0.39, 0.29) is 22.6 Å². The number of carbonyl (C=O) groups is 1. The third-order valence-corrected chi connectivity index (χ3v) is 5.91. The number of sulfonamides is 1. The number of nitrogens with one attached hydrogen (secondary N) is 1. The molecule has 0 saturated heterocycles. The SMILES string of the molecule is Cc1ccc(N([C@H](C)C(=O)Nc2cccc([N+](=O)[O-])c2C)S(C)(=O)=O)cc1Cl. The highest BCUT2D eigenvalue weighted by Crippen LogP contribution is 2.28. The van der Waals surface area contributed by atoms with E-state index in [2.05, 4.69) is 5.32 Å². The number of hydrogen-bond donors (Lipinski definition) is 1. The molecule has 1 amide bonds. The minimum absolute atomic E-state index is 0.143. The highest BCUT2D eigenvalue weighted by Gasteiger charge is 2.30. The predicted octanol–water partition coefficient (Wildman–Crippen LogP) is 3.66. The lowest BCUT2D eigenvalue weighted by molar-refractivity contribution is -0.385. The van der Waals surface area contributed by atoms with Crippen LogP contribution in [-0.4, -0.2) is 31.5 Å². The quantitative estimate of drug-likeness (QED) is 0.561. The summed E-state index contributed by atoms with van der Waals surface area (Å²) in [4.78, 5) is 23.3. The standard InChI is InChI=1S/C18H20ClN3O5S/c1-11-8-9-14(10-15(11)19)21(28(4,26)27)13(3)18(23)20-16-6-5-7-17(12(16)2)22(24)25/h5-10,13H,1-4H3,(H,20,23)/t13-/m1/s1. The van der Waals surface area contributed by atoms with E-state index in [0.29, 0.717) is 5.02 Å². The number of nitro groups is 1. The maximum absolute atomic E-state index is 12.7. The summed E-state index contributed by atoms with van der Waals surface area (Å²) in [5.74, 6) is -0.634. The summed E-state index contributed by atoms with van der Waals surface area (Å²) in [6.07, 6.45) is 0.989. The van der Waals surface area contributed by atoms with Gasteiger partial charge < -0.3 is 5.32 Å². The number of carbonyl (C=O) groups excluding carboxylic acids is 1. The van der Waals surface area contributed by atoms with Crippen LogP contribution in [0.1, 0.15) is 18.1 Å². The van der Waals surface area contributed by atoms with Gasteiger partial charge in [0.25, 0.3) is 5.69 Å². The number of hydrogen-bond acceptors (Lipinski definition) is 5. The van der Waals surface area contributed by atoms with Gasteiger partial charge in [-0.05, 0) is 44.5 Å². The second-order valence-corrected chi connectivity index (χ2v) is 8.63. The second-order valence-electron chi connectivity index (χ2n) is 6.36. The first-order chi connectivity index (χ1) is 12.9. The fraction of sp³-hybridized carbons (Fsp3) is 0.278. The van der Waals surface area contributed by atoms with Crippen molar-refractivity contribution >= 4 is 44.6 Å². The predicted molar refractivity (Wildman–Crippen MR) is 109 cm³/mol. The lowest BCUT2D eigenvalue weighted by Crippen LogP contribution is -2.45. The Bertz CT molecular complexity index is 1040. The number of nitro benzene ring substituents is 1. The summed E-state index contributed by atoms with van der Waals surface area (Å²) in [7, 11) is -3.81. The lowest BCUT2D eigenvalue weighted by atomic mass is 10.1. The van der Waals surface area contributed by atoms with Crippen molar-refractivity contribution in [3.63, 3.8) is 0 Å². The van der Waals surface area contributed by atoms with E-state index in [4.69, 9.17) is 11.6 Å². The van der Waals surface area contributed by atoms with Crippen molar-refractivity contribution < 1.29 is 18.1 Å². The van der Waals surface area contributed by atoms with Crippen molar-refractivity contribution in [2.75, 3.05) is 15.9 Å². The van der Waals surface area contributed by atoms with Gasteiger partial charge >= 0.3 is 0 Å². The van der Waals surface area contributed by atoms with Gasteiger partial charge in [0, 0.05) is 11.1 Å². The number of halogens is 1. The highest BCUT2D eigenvalue weighted by atomic mass is 35.5. The monoisotopic (exact) mass is 425 g/mol. The Morgan fingerprint density at radius 1 is 1.25 bits per heavy atom. The highest BCUT2D eigenvalue weighted by molar-refractivity contribution is 7.92. The van der Waals surface area contributed by atoms with E-state index in [1.807, 2.05) is 0 Å². The zero-order chi connectivity index (χ0) is 21.2. The van der Waals surface area contributed by atoms with Crippen LogP contribution in [0.4, 0.5) is 17.1 Å². The van der Waals surface area contributed by atoms with Crippen LogP contribution < -0.4 is 9.62 Å². The zero-order valence-corrected chi connectivity index (χ0v) is 17.3. The molecule has 150 valence electrons. The van der Waals surface area contributed by atoms with E-state index in [0.717, 1.165) is 16.1 Å². The summed E-state index contributed by atoms with van der Waals surface area (Å²) in [5, 5.41) is 14.0. The van der Waals surface area contributed by atoms with Crippen molar-refractivity contribution in [2.24, 2.45) is 0 Å². The average Bonchev–Trinajstić information content (AvgIpc) is 2.58. The van der Waals surface area contributed by atoms with E-state index >= 15 is 0 Å². The molecule has 0 bridgehead atoms. The van der Waals surface area contributed by atoms with Crippen LogP contribution in [0.25, 0.3) is 0 Å². The number of benzene rings is 2. The number of nitrogens with zero attached hydrogens (tertiary/aromatic N) is 2. The third-order valence-electron chi connectivity index (χ3n) is 4.26. The van der Waals surface area contributed by atoms with Crippen molar-refractivity contribution in [1.29, 1.82) is 0 Å². The summed E-state index contributed by atoms with van der Waals surface area (Å²) < 4.78 is 25.7. The lowest BCUT2D eigenvalue weighted by Gasteiger charge is -2.28. The summed E-state index contributed by atoms with van der Waals surface area (Å²) in [5.41, 5.74) is 1.38. The molecular weight excluding hydrogens is 406 g/mol. The Balaban J connectivity index is 2.39. The molecule has 0 aliphatic rings. The molecule has 2 aromatic carbocycles. The Morgan fingerprint density at radius 3 is 2.43 bits per heavy atom. The van der Waals surface area contributed by atoms with Crippen molar-refractivity contribution in [2.45, 2.75) is 26.8 Å². The van der Waals surface area contributed by atoms with E-state index in [1.165, 1.54) is 38.1 Å². The molecule has 0 radical (unpaired) electrons.